The Morgan fingerprint density at radius 2 is 2.29 bits per heavy atom. The molecule has 0 aliphatic carbocycles. The van der Waals surface area contributed by atoms with E-state index in [9.17, 15) is 0 Å². The topological polar surface area (TPSA) is 52.0 Å². The summed E-state index contributed by atoms with van der Waals surface area (Å²) < 4.78 is 5.65. The fourth-order valence-electron chi connectivity index (χ4n) is 1.57. The van der Waals surface area contributed by atoms with Crippen molar-refractivity contribution < 1.29 is 4.42 Å². The van der Waals surface area contributed by atoms with Crippen LogP contribution in [0.3, 0.4) is 0 Å². The highest BCUT2D eigenvalue weighted by atomic mass is 35.5. The Balaban J connectivity index is 2.11. The van der Waals surface area contributed by atoms with Crippen LogP contribution in [0.2, 0.25) is 5.02 Å². The summed E-state index contributed by atoms with van der Waals surface area (Å²) in [6.45, 7) is 2.58. The molecule has 0 aliphatic rings. The second-order valence-corrected chi connectivity index (χ2v) is 4.54. The molecule has 90 valence electrons. The molecule has 0 amide bonds. The molecule has 1 unspecified atom stereocenters. The summed E-state index contributed by atoms with van der Waals surface area (Å²) in [6.07, 6.45) is 2.40. The minimum atomic E-state index is 0.204. The van der Waals surface area contributed by atoms with Crippen molar-refractivity contribution in [1.29, 1.82) is 0 Å². The van der Waals surface area contributed by atoms with Crippen LogP contribution in [0.4, 0.5) is 0 Å². The molecule has 1 atom stereocenters. The zero-order chi connectivity index (χ0) is 12.3. The van der Waals surface area contributed by atoms with Crippen LogP contribution in [-0.2, 0) is 6.42 Å². The lowest BCUT2D eigenvalue weighted by Crippen LogP contribution is -2.07. The van der Waals surface area contributed by atoms with Crippen molar-refractivity contribution in [3.8, 4) is 0 Å². The zero-order valence-electron chi connectivity index (χ0n) is 9.69. The lowest BCUT2D eigenvalue weighted by Gasteiger charge is -2.02. The molecule has 1 heterocycles. The summed E-state index contributed by atoms with van der Waals surface area (Å²) >= 11 is 5.92. The minimum absolute atomic E-state index is 0.204. The highest BCUT2D eigenvalue weighted by Gasteiger charge is 2.10. The smallest absolute Gasteiger partial charge is 0.198 e. The SMILES string of the molecule is CC(CN)c1cnc(Cc2cccc(Cl)c2)o1. The molecule has 0 aliphatic heterocycles. The van der Waals surface area contributed by atoms with Gasteiger partial charge in [-0.1, -0.05) is 30.7 Å². The molecule has 2 rings (SSSR count). The largest absolute Gasteiger partial charge is 0.445 e. The third kappa shape index (κ3) is 3.08. The molecule has 2 aromatic rings. The molecule has 0 fully saturated rings. The number of halogens is 1. The molecule has 4 heteroatoms. The van der Waals surface area contributed by atoms with Gasteiger partial charge in [-0.3, -0.25) is 0 Å². The zero-order valence-corrected chi connectivity index (χ0v) is 10.4. The van der Waals surface area contributed by atoms with Crippen LogP contribution in [0.15, 0.2) is 34.9 Å². The molecule has 0 radical (unpaired) electrons. The van der Waals surface area contributed by atoms with E-state index in [4.69, 9.17) is 21.8 Å². The monoisotopic (exact) mass is 250 g/mol. The van der Waals surface area contributed by atoms with Crippen LogP contribution in [0.5, 0.6) is 0 Å². The summed E-state index contributed by atoms with van der Waals surface area (Å²) in [7, 11) is 0. The highest BCUT2D eigenvalue weighted by molar-refractivity contribution is 6.30. The van der Waals surface area contributed by atoms with Crippen LogP contribution in [-0.4, -0.2) is 11.5 Å². The number of aromatic nitrogens is 1. The summed E-state index contributed by atoms with van der Waals surface area (Å²) in [6, 6.07) is 7.69. The molecule has 0 saturated heterocycles. The van der Waals surface area contributed by atoms with Crippen molar-refractivity contribution >= 4 is 11.6 Å². The third-order valence-electron chi connectivity index (χ3n) is 2.66. The Morgan fingerprint density at radius 3 is 3.00 bits per heavy atom. The van der Waals surface area contributed by atoms with Gasteiger partial charge in [-0.15, -0.1) is 0 Å². The van der Waals surface area contributed by atoms with Crippen molar-refractivity contribution in [2.75, 3.05) is 6.54 Å². The van der Waals surface area contributed by atoms with E-state index in [1.807, 2.05) is 31.2 Å². The molecule has 1 aromatic carbocycles. The predicted octanol–water partition coefficient (Wildman–Crippen LogP) is 2.98. The fourth-order valence-corrected chi connectivity index (χ4v) is 1.78. The van der Waals surface area contributed by atoms with E-state index in [-0.39, 0.29) is 5.92 Å². The molecule has 3 nitrogen and oxygen atoms in total. The first kappa shape index (κ1) is 12.1. The van der Waals surface area contributed by atoms with Gasteiger partial charge in [0.25, 0.3) is 0 Å². The molecule has 1 aromatic heterocycles. The van der Waals surface area contributed by atoms with Crippen molar-refractivity contribution in [3.63, 3.8) is 0 Å². The summed E-state index contributed by atoms with van der Waals surface area (Å²) in [4.78, 5) is 4.24. The van der Waals surface area contributed by atoms with Gasteiger partial charge in [0.15, 0.2) is 5.89 Å². The van der Waals surface area contributed by atoms with Crippen LogP contribution in [0.1, 0.15) is 30.1 Å². The summed E-state index contributed by atoms with van der Waals surface area (Å²) in [5.74, 6) is 1.74. The molecule has 0 bridgehead atoms. The van der Waals surface area contributed by atoms with Crippen LogP contribution in [0, 0.1) is 0 Å². The van der Waals surface area contributed by atoms with Gasteiger partial charge in [-0.25, -0.2) is 4.98 Å². The molecule has 0 spiro atoms. The Morgan fingerprint density at radius 1 is 1.47 bits per heavy atom. The van der Waals surface area contributed by atoms with E-state index < -0.39 is 0 Å². The van der Waals surface area contributed by atoms with Crippen molar-refractivity contribution in [3.05, 3.63) is 52.7 Å². The Bertz CT molecular complexity index is 496. The predicted molar refractivity (Wildman–Crippen MR) is 68.2 cm³/mol. The summed E-state index contributed by atoms with van der Waals surface area (Å²) in [5.41, 5.74) is 6.67. The van der Waals surface area contributed by atoms with Gasteiger partial charge in [0.05, 0.1) is 6.20 Å². The van der Waals surface area contributed by atoms with Gasteiger partial charge in [-0.05, 0) is 17.7 Å². The van der Waals surface area contributed by atoms with Crippen LogP contribution < -0.4 is 5.73 Å². The number of nitrogens with zero attached hydrogens (tertiary/aromatic N) is 1. The van der Waals surface area contributed by atoms with Gasteiger partial charge in [0.2, 0.25) is 0 Å². The van der Waals surface area contributed by atoms with E-state index in [2.05, 4.69) is 4.98 Å². The standard InChI is InChI=1S/C13H15ClN2O/c1-9(7-15)12-8-16-13(17-12)6-10-3-2-4-11(14)5-10/h2-5,8-9H,6-7,15H2,1H3. The maximum absolute atomic E-state index is 5.92. The number of benzene rings is 1. The quantitative estimate of drug-likeness (QED) is 0.908. The number of rotatable bonds is 4. The van der Waals surface area contributed by atoms with Gasteiger partial charge >= 0.3 is 0 Å². The van der Waals surface area contributed by atoms with E-state index in [0.717, 1.165) is 16.3 Å². The minimum Gasteiger partial charge on any atom is -0.445 e. The molecular weight excluding hydrogens is 236 g/mol. The van der Waals surface area contributed by atoms with Crippen molar-refractivity contribution in [1.82, 2.24) is 4.98 Å². The Labute approximate surface area is 106 Å². The second kappa shape index (κ2) is 5.34. The molecule has 0 saturated carbocycles. The van der Waals surface area contributed by atoms with E-state index in [0.29, 0.717) is 18.9 Å². The number of hydrogen-bond acceptors (Lipinski definition) is 3. The molecular formula is C13H15ClN2O. The Hall–Kier alpha value is -1.32. The first-order chi connectivity index (χ1) is 8.19. The first-order valence-corrected chi connectivity index (χ1v) is 5.96. The molecule has 17 heavy (non-hydrogen) atoms. The van der Waals surface area contributed by atoms with Crippen LogP contribution in [0.25, 0.3) is 0 Å². The maximum Gasteiger partial charge on any atom is 0.198 e. The second-order valence-electron chi connectivity index (χ2n) is 4.10. The number of nitrogens with two attached hydrogens (primary N) is 1. The van der Waals surface area contributed by atoms with Crippen LogP contribution >= 0.6 is 11.6 Å². The van der Waals surface area contributed by atoms with Gasteiger partial charge < -0.3 is 10.2 Å². The van der Waals surface area contributed by atoms with Gasteiger partial charge in [0, 0.05) is 23.9 Å². The molecule has 2 N–H and O–H groups in total. The van der Waals surface area contributed by atoms with E-state index in [1.165, 1.54) is 0 Å². The average molecular weight is 251 g/mol. The number of oxazole rings is 1. The Kier molecular flexibility index (Phi) is 3.82. The third-order valence-corrected chi connectivity index (χ3v) is 2.89. The van der Waals surface area contributed by atoms with Gasteiger partial charge in [-0.2, -0.15) is 0 Å². The fraction of sp³-hybridized carbons (Fsp3) is 0.308. The average Bonchev–Trinajstić information content (AvgIpc) is 2.76. The maximum atomic E-state index is 5.92. The summed E-state index contributed by atoms with van der Waals surface area (Å²) in [5, 5.41) is 0.726. The normalized spacial score (nSPS) is 12.6. The van der Waals surface area contributed by atoms with E-state index >= 15 is 0 Å². The van der Waals surface area contributed by atoms with Gasteiger partial charge in [0.1, 0.15) is 5.76 Å². The highest BCUT2D eigenvalue weighted by Crippen LogP contribution is 2.18. The van der Waals surface area contributed by atoms with Crippen molar-refractivity contribution in [2.45, 2.75) is 19.3 Å². The van der Waals surface area contributed by atoms with E-state index in [1.54, 1.807) is 6.20 Å². The first-order valence-electron chi connectivity index (χ1n) is 5.58. The lowest BCUT2D eigenvalue weighted by atomic mass is 10.1. The number of hydrogen-bond donors (Lipinski definition) is 1. The van der Waals surface area contributed by atoms with Crippen molar-refractivity contribution in [2.24, 2.45) is 5.73 Å². The lowest BCUT2D eigenvalue weighted by molar-refractivity contribution is 0.440.